The number of aliphatic carboxylic acids is 1. The molecule has 13 heteroatoms. The van der Waals surface area contributed by atoms with Gasteiger partial charge < -0.3 is 29.4 Å². The number of sulfone groups is 1. The molecule has 1 aliphatic carbocycles. The van der Waals surface area contributed by atoms with Gasteiger partial charge in [0.15, 0.2) is 9.84 Å². The molecule has 4 fully saturated rings. The van der Waals surface area contributed by atoms with Crippen LogP contribution in [0.1, 0.15) is 65.2 Å². The van der Waals surface area contributed by atoms with Crippen molar-refractivity contribution >= 4 is 39.0 Å². The first-order valence-corrected chi connectivity index (χ1v) is 16.1. The number of carboxylic acid groups (broad SMARTS) is 1. The summed E-state index contributed by atoms with van der Waals surface area (Å²) in [5.74, 6) is -1.64. The molecular weight excluding hydrogens is 555 g/mol. The molecule has 0 bridgehead atoms. The van der Waals surface area contributed by atoms with Crippen LogP contribution in [0.15, 0.2) is 22.2 Å². The molecule has 0 aromatic heterocycles. The summed E-state index contributed by atoms with van der Waals surface area (Å²) < 4.78 is 47.2. The number of ether oxygens (including phenoxy) is 1. The van der Waals surface area contributed by atoms with Crippen molar-refractivity contribution in [1.82, 2.24) is 4.90 Å². The maximum atomic E-state index is 15.5. The van der Waals surface area contributed by atoms with E-state index in [0.717, 1.165) is 11.8 Å². The fourth-order valence-electron chi connectivity index (χ4n) is 5.76. The van der Waals surface area contributed by atoms with Crippen LogP contribution < -0.4 is 9.80 Å². The van der Waals surface area contributed by atoms with Crippen molar-refractivity contribution in [1.29, 1.82) is 0 Å². The van der Waals surface area contributed by atoms with E-state index in [-0.39, 0.29) is 34.6 Å². The Morgan fingerprint density at radius 2 is 1.68 bits per heavy atom. The van der Waals surface area contributed by atoms with Gasteiger partial charge in [0.25, 0.3) is 0 Å². The van der Waals surface area contributed by atoms with E-state index in [0.29, 0.717) is 84.1 Å². The molecule has 226 valence electrons. The van der Waals surface area contributed by atoms with Gasteiger partial charge in [0.2, 0.25) is 0 Å². The van der Waals surface area contributed by atoms with Crippen molar-refractivity contribution in [3.8, 4) is 0 Å². The molecular formula is C28H39FN4O7S. The molecule has 41 heavy (non-hydrogen) atoms. The minimum atomic E-state index is -3.75. The Bertz CT molecular complexity index is 1280. The van der Waals surface area contributed by atoms with Gasteiger partial charge in [0.1, 0.15) is 18.0 Å². The summed E-state index contributed by atoms with van der Waals surface area (Å²) in [7, 11) is -3.75. The van der Waals surface area contributed by atoms with Crippen molar-refractivity contribution in [2.45, 2.75) is 93.6 Å². The third kappa shape index (κ3) is 6.54. The van der Waals surface area contributed by atoms with Gasteiger partial charge in [-0.2, -0.15) is 0 Å². The van der Waals surface area contributed by atoms with E-state index >= 15 is 4.39 Å². The summed E-state index contributed by atoms with van der Waals surface area (Å²) in [6.45, 7) is 6.07. The molecule has 0 unspecified atom stereocenters. The fraction of sp³-hybridized carbons (Fsp3) is 0.679. The maximum absolute atomic E-state index is 15.5. The van der Waals surface area contributed by atoms with E-state index in [1.807, 2.05) is 18.7 Å². The van der Waals surface area contributed by atoms with Gasteiger partial charge >= 0.3 is 12.1 Å². The molecule has 4 aliphatic rings. The van der Waals surface area contributed by atoms with Crippen LogP contribution in [0.5, 0.6) is 0 Å². The summed E-state index contributed by atoms with van der Waals surface area (Å²) in [5.41, 5.74) is 1.41. The van der Waals surface area contributed by atoms with E-state index in [1.54, 1.807) is 9.80 Å². The zero-order valence-electron chi connectivity index (χ0n) is 23.6. The van der Waals surface area contributed by atoms with E-state index in [9.17, 15) is 23.1 Å². The summed E-state index contributed by atoms with van der Waals surface area (Å²) in [6.07, 6.45) is 3.97. The van der Waals surface area contributed by atoms with Crippen molar-refractivity contribution in [3.63, 3.8) is 0 Å². The Morgan fingerprint density at radius 1 is 1.00 bits per heavy atom. The minimum absolute atomic E-state index is 0.0905. The number of carbonyl (C=O) groups is 2. The Labute approximate surface area is 240 Å². The molecule has 0 radical (unpaired) electrons. The highest BCUT2D eigenvalue weighted by molar-refractivity contribution is 7.92. The van der Waals surface area contributed by atoms with Crippen molar-refractivity contribution in [3.05, 3.63) is 17.9 Å². The van der Waals surface area contributed by atoms with Gasteiger partial charge in [-0.3, -0.25) is 0 Å². The summed E-state index contributed by atoms with van der Waals surface area (Å²) in [5, 5.41) is 13.6. The fourth-order valence-corrected chi connectivity index (χ4v) is 7.61. The van der Waals surface area contributed by atoms with Gasteiger partial charge in [-0.15, -0.1) is 0 Å². The number of hydrogen-bond donors (Lipinski definition) is 1. The van der Waals surface area contributed by atoms with Crippen LogP contribution in [-0.2, 0) is 24.2 Å². The number of likely N-dealkylation sites (tertiary alicyclic amines) is 1. The third-order valence-electron chi connectivity index (χ3n) is 8.19. The van der Waals surface area contributed by atoms with E-state index < -0.39 is 32.9 Å². The molecule has 1 amide bonds. The number of hydrogen-bond acceptors (Lipinski definition) is 9. The second-order valence-corrected chi connectivity index (χ2v) is 13.8. The SMILES string of the molecule is CC(C)OC(=O)N1CCC(ON=C2CCN(c3cc(N4CCC[C@H]4C(=O)O)c(S(=O)(=O)C4CC4)cc3F)CC2)CC1. The zero-order chi connectivity index (χ0) is 29.3. The highest BCUT2D eigenvalue weighted by Gasteiger charge is 2.42. The van der Waals surface area contributed by atoms with Crippen LogP contribution in [-0.4, -0.2) is 92.4 Å². The molecule has 3 heterocycles. The molecule has 1 saturated carbocycles. The lowest BCUT2D eigenvalue weighted by Gasteiger charge is -2.33. The van der Waals surface area contributed by atoms with Crippen molar-refractivity contribution in [2.75, 3.05) is 42.5 Å². The first-order valence-electron chi connectivity index (χ1n) is 14.5. The number of benzene rings is 1. The number of oxime groups is 1. The highest BCUT2D eigenvalue weighted by Crippen LogP contribution is 2.42. The van der Waals surface area contributed by atoms with Crippen LogP contribution in [0.4, 0.5) is 20.6 Å². The quantitative estimate of drug-likeness (QED) is 0.447. The Kier molecular flexibility index (Phi) is 8.62. The average molecular weight is 595 g/mol. The van der Waals surface area contributed by atoms with E-state index in [2.05, 4.69) is 5.16 Å². The number of anilines is 2. The number of amides is 1. The Hall–Kier alpha value is -3.09. The van der Waals surface area contributed by atoms with Crippen LogP contribution in [0.3, 0.4) is 0 Å². The summed E-state index contributed by atoms with van der Waals surface area (Å²) in [4.78, 5) is 34.8. The second-order valence-electron chi connectivity index (χ2n) is 11.6. The topological polar surface area (TPSA) is 129 Å². The van der Waals surface area contributed by atoms with E-state index in [1.165, 1.54) is 6.07 Å². The van der Waals surface area contributed by atoms with Gasteiger partial charge in [-0.1, -0.05) is 5.16 Å². The average Bonchev–Trinajstić information content (AvgIpc) is 3.69. The van der Waals surface area contributed by atoms with Gasteiger partial charge in [-0.05, 0) is 51.7 Å². The molecule has 1 aromatic rings. The summed E-state index contributed by atoms with van der Waals surface area (Å²) in [6, 6.07) is 1.78. The van der Waals surface area contributed by atoms with E-state index in [4.69, 9.17) is 9.57 Å². The first-order chi connectivity index (χ1) is 19.5. The molecule has 11 nitrogen and oxygen atoms in total. The van der Waals surface area contributed by atoms with Crippen molar-refractivity contribution < 1.29 is 37.1 Å². The number of piperidine rings is 2. The molecule has 0 spiro atoms. The lowest BCUT2D eigenvalue weighted by Crippen LogP contribution is -2.41. The first kappa shape index (κ1) is 29.4. The number of halogens is 1. The standard InChI is InChI=1S/C28H39FN4O7S/c1-18(2)39-28(36)32-14-9-20(10-15-32)40-30-19-7-12-31(13-8-19)24-17-25(33-11-3-4-23(33)27(34)35)26(16-22(24)29)41(37,38)21-5-6-21/h16-18,20-21,23H,3-15H2,1-2H3,(H,34,35)/t23-/m0/s1. The van der Waals surface area contributed by atoms with Crippen LogP contribution >= 0.6 is 0 Å². The predicted molar refractivity (Wildman–Crippen MR) is 151 cm³/mol. The number of carboxylic acids is 1. The molecule has 3 aliphatic heterocycles. The maximum Gasteiger partial charge on any atom is 0.410 e. The lowest BCUT2D eigenvalue weighted by atomic mass is 10.1. The van der Waals surface area contributed by atoms with Crippen LogP contribution in [0, 0.1) is 5.82 Å². The lowest BCUT2D eigenvalue weighted by molar-refractivity contribution is -0.138. The third-order valence-corrected chi connectivity index (χ3v) is 10.5. The Balaban J connectivity index is 1.25. The van der Waals surface area contributed by atoms with Crippen LogP contribution in [0.25, 0.3) is 0 Å². The smallest absolute Gasteiger partial charge is 0.410 e. The molecule has 3 saturated heterocycles. The van der Waals surface area contributed by atoms with Gasteiger partial charge in [0, 0.05) is 58.4 Å². The second kappa shape index (κ2) is 12.0. The zero-order valence-corrected chi connectivity index (χ0v) is 24.4. The van der Waals surface area contributed by atoms with Crippen molar-refractivity contribution in [2.24, 2.45) is 5.16 Å². The van der Waals surface area contributed by atoms with Crippen LogP contribution in [0.2, 0.25) is 0 Å². The molecule has 5 rings (SSSR count). The monoisotopic (exact) mass is 594 g/mol. The molecule has 1 aromatic carbocycles. The number of nitrogens with zero attached hydrogens (tertiary/aromatic N) is 4. The normalized spacial score (nSPS) is 22.3. The van der Waals surface area contributed by atoms with Gasteiger partial charge in [0.05, 0.1) is 33.3 Å². The Morgan fingerprint density at radius 3 is 2.29 bits per heavy atom. The molecule has 1 atom stereocenters. The number of carbonyl (C=O) groups excluding carboxylic acids is 1. The predicted octanol–water partition coefficient (Wildman–Crippen LogP) is 3.80. The number of rotatable bonds is 8. The summed E-state index contributed by atoms with van der Waals surface area (Å²) >= 11 is 0. The minimum Gasteiger partial charge on any atom is -0.480 e. The van der Waals surface area contributed by atoms with Gasteiger partial charge in [-0.25, -0.2) is 22.4 Å². The highest BCUT2D eigenvalue weighted by atomic mass is 32.2. The largest absolute Gasteiger partial charge is 0.480 e. The molecule has 1 N–H and O–H groups in total.